The van der Waals surface area contributed by atoms with Crippen molar-refractivity contribution in [2.24, 2.45) is 5.92 Å². The SMILES string of the molecule is CC1CCc2c(ccc3[nH]ccc23)C1=O. The number of ketones is 1. The minimum absolute atomic E-state index is 0.189. The summed E-state index contributed by atoms with van der Waals surface area (Å²) in [5, 5.41) is 1.22. The maximum atomic E-state index is 12.0. The van der Waals surface area contributed by atoms with Gasteiger partial charge in [-0.25, -0.2) is 0 Å². The predicted octanol–water partition coefficient (Wildman–Crippen LogP) is 2.93. The van der Waals surface area contributed by atoms with Crippen LogP contribution in [-0.4, -0.2) is 10.8 Å². The van der Waals surface area contributed by atoms with Gasteiger partial charge in [0.05, 0.1) is 0 Å². The van der Waals surface area contributed by atoms with Gasteiger partial charge in [-0.15, -0.1) is 0 Å². The Morgan fingerprint density at radius 3 is 3.07 bits per heavy atom. The lowest BCUT2D eigenvalue weighted by Gasteiger charge is -2.20. The van der Waals surface area contributed by atoms with Gasteiger partial charge in [-0.3, -0.25) is 4.79 Å². The average Bonchev–Trinajstić information content (AvgIpc) is 2.71. The van der Waals surface area contributed by atoms with Crippen molar-refractivity contribution in [3.63, 3.8) is 0 Å². The van der Waals surface area contributed by atoms with Crippen LogP contribution in [0, 0.1) is 5.92 Å². The van der Waals surface area contributed by atoms with Gasteiger partial charge < -0.3 is 4.98 Å². The van der Waals surface area contributed by atoms with Gasteiger partial charge in [0, 0.05) is 28.6 Å². The highest BCUT2D eigenvalue weighted by Crippen LogP contribution is 2.30. The summed E-state index contributed by atoms with van der Waals surface area (Å²) in [6.07, 6.45) is 3.95. The van der Waals surface area contributed by atoms with E-state index in [0.29, 0.717) is 5.78 Å². The topological polar surface area (TPSA) is 32.9 Å². The van der Waals surface area contributed by atoms with E-state index in [2.05, 4.69) is 11.1 Å². The van der Waals surface area contributed by atoms with Crippen LogP contribution in [0.15, 0.2) is 24.4 Å². The number of nitrogens with one attached hydrogen (secondary N) is 1. The van der Waals surface area contributed by atoms with E-state index in [1.807, 2.05) is 25.3 Å². The molecule has 3 rings (SSSR count). The third-order valence-electron chi connectivity index (χ3n) is 3.39. The molecule has 1 unspecified atom stereocenters. The number of Topliss-reactive ketones (excluding diaryl/α,β-unsaturated/α-hetero) is 1. The van der Waals surface area contributed by atoms with Gasteiger partial charge in [0.1, 0.15) is 0 Å². The second-order valence-electron chi connectivity index (χ2n) is 4.33. The predicted molar refractivity (Wildman–Crippen MR) is 60.1 cm³/mol. The molecule has 1 aliphatic carbocycles. The number of hydrogen-bond acceptors (Lipinski definition) is 1. The summed E-state index contributed by atoms with van der Waals surface area (Å²) in [7, 11) is 0. The van der Waals surface area contributed by atoms with E-state index in [1.54, 1.807) is 0 Å². The van der Waals surface area contributed by atoms with Gasteiger partial charge in [0.2, 0.25) is 0 Å². The highest BCUT2D eigenvalue weighted by Gasteiger charge is 2.24. The summed E-state index contributed by atoms with van der Waals surface area (Å²) in [6, 6.07) is 6.04. The molecule has 0 amide bonds. The van der Waals surface area contributed by atoms with Crippen LogP contribution in [-0.2, 0) is 6.42 Å². The summed E-state index contributed by atoms with van der Waals surface area (Å²) >= 11 is 0. The van der Waals surface area contributed by atoms with Gasteiger partial charge in [0.25, 0.3) is 0 Å². The van der Waals surface area contributed by atoms with Crippen LogP contribution >= 0.6 is 0 Å². The molecule has 1 N–H and O–H groups in total. The van der Waals surface area contributed by atoms with E-state index in [1.165, 1.54) is 10.9 Å². The molecular weight excluding hydrogens is 186 g/mol. The Bertz CT molecular complexity index is 538. The number of aromatic amines is 1. The van der Waals surface area contributed by atoms with E-state index in [9.17, 15) is 4.79 Å². The summed E-state index contributed by atoms with van der Waals surface area (Å²) in [5.41, 5.74) is 3.30. The molecule has 1 aromatic carbocycles. The van der Waals surface area contributed by atoms with Gasteiger partial charge in [-0.1, -0.05) is 6.92 Å². The van der Waals surface area contributed by atoms with E-state index in [-0.39, 0.29) is 5.92 Å². The molecule has 0 saturated carbocycles. The maximum absolute atomic E-state index is 12.0. The standard InChI is InChI=1S/C13H13NO/c1-8-2-3-9-10-6-7-14-12(10)5-4-11(9)13(8)15/h4-8,14H,2-3H2,1H3. The zero-order valence-electron chi connectivity index (χ0n) is 8.71. The highest BCUT2D eigenvalue weighted by molar-refractivity contribution is 6.04. The Morgan fingerprint density at radius 1 is 1.33 bits per heavy atom. The van der Waals surface area contributed by atoms with Crippen LogP contribution in [0.3, 0.4) is 0 Å². The third-order valence-corrected chi connectivity index (χ3v) is 3.39. The monoisotopic (exact) mass is 199 g/mol. The number of hydrogen-bond donors (Lipinski definition) is 1. The van der Waals surface area contributed by atoms with Crippen molar-refractivity contribution in [2.45, 2.75) is 19.8 Å². The van der Waals surface area contributed by atoms with Crippen molar-refractivity contribution < 1.29 is 4.79 Å². The largest absolute Gasteiger partial charge is 0.361 e. The summed E-state index contributed by atoms with van der Waals surface area (Å²) < 4.78 is 0. The lowest BCUT2D eigenvalue weighted by Crippen LogP contribution is -2.19. The Morgan fingerprint density at radius 2 is 2.20 bits per heavy atom. The number of H-pyrrole nitrogens is 1. The summed E-state index contributed by atoms with van der Waals surface area (Å²) in [5.74, 6) is 0.494. The van der Waals surface area contributed by atoms with Crippen molar-refractivity contribution in [1.82, 2.24) is 4.98 Å². The molecule has 0 spiro atoms. The molecule has 1 aliphatic rings. The van der Waals surface area contributed by atoms with Gasteiger partial charge in [-0.05, 0) is 36.6 Å². The first kappa shape index (κ1) is 8.72. The van der Waals surface area contributed by atoms with Crippen LogP contribution in [0.1, 0.15) is 29.3 Å². The zero-order valence-corrected chi connectivity index (χ0v) is 8.71. The number of carbonyl (C=O) groups excluding carboxylic acids is 1. The number of carbonyl (C=O) groups is 1. The smallest absolute Gasteiger partial charge is 0.165 e. The van der Waals surface area contributed by atoms with Crippen LogP contribution in [0.5, 0.6) is 0 Å². The molecule has 0 fully saturated rings. The Hall–Kier alpha value is -1.57. The van der Waals surface area contributed by atoms with Gasteiger partial charge in [-0.2, -0.15) is 0 Å². The third kappa shape index (κ3) is 1.14. The average molecular weight is 199 g/mol. The fourth-order valence-electron chi connectivity index (χ4n) is 2.45. The van der Waals surface area contributed by atoms with Crippen LogP contribution in [0.2, 0.25) is 0 Å². The van der Waals surface area contributed by atoms with Crippen LogP contribution in [0.25, 0.3) is 10.9 Å². The summed E-state index contributed by atoms with van der Waals surface area (Å²) in [6.45, 7) is 2.02. The summed E-state index contributed by atoms with van der Waals surface area (Å²) in [4.78, 5) is 15.2. The molecule has 2 heteroatoms. The Kier molecular flexibility index (Phi) is 1.72. The molecule has 2 aromatic rings. The maximum Gasteiger partial charge on any atom is 0.165 e. The number of fused-ring (bicyclic) bond motifs is 3. The van der Waals surface area contributed by atoms with Crippen molar-refractivity contribution in [1.29, 1.82) is 0 Å². The zero-order chi connectivity index (χ0) is 10.4. The molecule has 0 saturated heterocycles. The second kappa shape index (κ2) is 2.96. The number of benzene rings is 1. The van der Waals surface area contributed by atoms with E-state index in [0.717, 1.165) is 23.9 Å². The number of aryl methyl sites for hydroxylation is 1. The Labute approximate surface area is 88.3 Å². The number of aromatic nitrogens is 1. The van der Waals surface area contributed by atoms with Gasteiger partial charge >= 0.3 is 0 Å². The van der Waals surface area contributed by atoms with Crippen molar-refractivity contribution in [2.75, 3.05) is 0 Å². The molecule has 2 nitrogen and oxygen atoms in total. The van der Waals surface area contributed by atoms with Gasteiger partial charge in [0.15, 0.2) is 5.78 Å². The first-order chi connectivity index (χ1) is 7.27. The normalized spacial score (nSPS) is 20.6. The molecule has 1 aromatic heterocycles. The van der Waals surface area contributed by atoms with Crippen molar-refractivity contribution >= 4 is 16.7 Å². The molecule has 1 heterocycles. The van der Waals surface area contributed by atoms with Crippen molar-refractivity contribution in [3.05, 3.63) is 35.5 Å². The first-order valence-corrected chi connectivity index (χ1v) is 5.40. The molecule has 0 aliphatic heterocycles. The van der Waals surface area contributed by atoms with Crippen LogP contribution in [0.4, 0.5) is 0 Å². The lowest BCUT2D eigenvalue weighted by atomic mass is 9.82. The fraction of sp³-hybridized carbons (Fsp3) is 0.308. The molecule has 15 heavy (non-hydrogen) atoms. The Balaban J connectivity index is 2.31. The van der Waals surface area contributed by atoms with Crippen LogP contribution < -0.4 is 0 Å². The molecule has 0 bridgehead atoms. The quantitative estimate of drug-likeness (QED) is 0.695. The second-order valence-corrected chi connectivity index (χ2v) is 4.33. The van der Waals surface area contributed by atoms with Crippen molar-refractivity contribution in [3.8, 4) is 0 Å². The lowest BCUT2D eigenvalue weighted by molar-refractivity contribution is 0.0914. The first-order valence-electron chi connectivity index (χ1n) is 5.40. The minimum atomic E-state index is 0.189. The molecule has 1 atom stereocenters. The molecule has 76 valence electrons. The molecule has 0 radical (unpaired) electrons. The molecular formula is C13H13NO. The highest BCUT2D eigenvalue weighted by atomic mass is 16.1. The minimum Gasteiger partial charge on any atom is -0.361 e. The fourth-order valence-corrected chi connectivity index (χ4v) is 2.45. The van der Waals surface area contributed by atoms with E-state index < -0.39 is 0 Å². The van der Waals surface area contributed by atoms with E-state index in [4.69, 9.17) is 0 Å². The van der Waals surface area contributed by atoms with E-state index >= 15 is 0 Å². The number of rotatable bonds is 0.